The molecule has 1 aromatic carbocycles. The topological polar surface area (TPSA) is 53.1 Å². The molecule has 0 bridgehead atoms. The van der Waals surface area contributed by atoms with Gasteiger partial charge in [0.05, 0.1) is 5.92 Å². The first-order valence-electron chi connectivity index (χ1n) is 5.48. The monoisotopic (exact) mass is 251 g/mol. The molecule has 0 spiro atoms. The van der Waals surface area contributed by atoms with Crippen LogP contribution in [0.1, 0.15) is 18.2 Å². The SMILES string of the molecule is Cc1c(CC(C)C(=O)O)[nH]c2ccc(Cl)cc12. The number of aryl methyl sites for hydroxylation is 1. The van der Waals surface area contributed by atoms with Crippen LogP contribution in [0.3, 0.4) is 0 Å². The van der Waals surface area contributed by atoms with Gasteiger partial charge in [0.1, 0.15) is 0 Å². The van der Waals surface area contributed by atoms with Gasteiger partial charge in [-0.2, -0.15) is 0 Å². The van der Waals surface area contributed by atoms with Crippen molar-refractivity contribution in [1.82, 2.24) is 4.98 Å². The summed E-state index contributed by atoms with van der Waals surface area (Å²) in [7, 11) is 0. The molecule has 4 heteroatoms. The molecular formula is C13H14ClNO2. The molecule has 2 aromatic rings. The molecule has 1 aromatic heterocycles. The van der Waals surface area contributed by atoms with Crippen LogP contribution in [0, 0.1) is 12.8 Å². The zero-order valence-corrected chi connectivity index (χ0v) is 10.5. The molecule has 0 radical (unpaired) electrons. The highest BCUT2D eigenvalue weighted by Gasteiger charge is 2.15. The van der Waals surface area contributed by atoms with Crippen LogP contribution >= 0.6 is 11.6 Å². The molecule has 3 nitrogen and oxygen atoms in total. The largest absolute Gasteiger partial charge is 0.481 e. The number of H-pyrrole nitrogens is 1. The Morgan fingerprint density at radius 3 is 2.88 bits per heavy atom. The van der Waals surface area contributed by atoms with E-state index < -0.39 is 11.9 Å². The van der Waals surface area contributed by atoms with Gasteiger partial charge in [-0.3, -0.25) is 4.79 Å². The summed E-state index contributed by atoms with van der Waals surface area (Å²) >= 11 is 5.95. The van der Waals surface area contributed by atoms with E-state index in [-0.39, 0.29) is 0 Å². The first-order chi connectivity index (χ1) is 7.99. The van der Waals surface area contributed by atoms with Gasteiger partial charge in [0, 0.05) is 28.0 Å². The highest BCUT2D eigenvalue weighted by molar-refractivity contribution is 6.31. The van der Waals surface area contributed by atoms with E-state index in [0.717, 1.165) is 22.2 Å². The van der Waals surface area contributed by atoms with E-state index in [2.05, 4.69) is 4.98 Å². The fraction of sp³-hybridized carbons (Fsp3) is 0.308. The average molecular weight is 252 g/mol. The predicted molar refractivity (Wildman–Crippen MR) is 68.5 cm³/mol. The van der Waals surface area contributed by atoms with Crippen LogP contribution in [0.25, 0.3) is 10.9 Å². The highest BCUT2D eigenvalue weighted by Crippen LogP contribution is 2.26. The summed E-state index contributed by atoms with van der Waals surface area (Å²) < 4.78 is 0. The van der Waals surface area contributed by atoms with Crippen LogP contribution in [0.2, 0.25) is 5.02 Å². The lowest BCUT2D eigenvalue weighted by molar-refractivity contribution is -0.141. The van der Waals surface area contributed by atoms with Crippen molar-refractivity contribution in [2.45, 2.75) is 20.3 Å². The number of nitrogens with one attached hydrogen (secondary N) is 1. The van der Waals surface area contributed by atoms with Crippen molar-refractivity contribution in [3.63, 3.8) is 0 Å². The predicted octanol–water partition coefficient (Wildman–Crippen LogP) is 3.39. The normalized spacial score (nSPS) is 12.9. The smallest absolute Gasteiger partial charge is 0.306 e. The van der Waals surface area contributed by atoms with E-state index in [4.69, 9.17) is 16.7 Å². The van der Waals surface area contributed by atoms with Gasteiger partial charge in [-0.05, 0) is 30.7 Å². The lowest BCUT2D eigenvalue weighted by Gasteiger charge is -2.04. The van der Waals surface area contributed by atoms with Crippen molar-refractivity contribution in [3.8, 4) is 0 Å². The van der Waals surface area contributed by atoms with Crippen molar-refractivity contribution < 1.29 is 9.90 Å². The number of fused-ring (bicyclic) bond motifs is 1. The molecule has 0 saturated carbocycles. The first-order valence-corrected chi connectivity index (χ1v) is 5.86. The van der Waals surface area contributed by atoms with E-state index in [9.17, 15) is 4.79 Å². The Bertz CT molecular complexity index is 574. The van der Waals surface area contributed by atoms with Gasteiger partial charge in [0.2, 0.25) is 0 Å². The molecule has 1 atom stereocenters. The summed E-state index contributed by atoms with van der Waals surface area (Å²) in [5.41, 5.74) is 3.05. The van der Waals surface area contributed by atoms with E-state index in [1.807, 2.05) is 25.1 Å². The fourth-order valence-electron chi connectivity index (χ4n) is 1.95. The van der Waals surface area contributed by atoms with Crippen LogP contribution in [0.4, 0.5) is 0 Å². The number of aliphatic carboxylic acids is 1. The molecule has 0 aliphatic carbocycles. The van der Waals surface area contributed by atoms with Crippen LogP contribution in [-0.2, 0) is 11.2 Å². The van der Waals surface area contributed by atoms with E-state index in [1.54, 1.807) is 6.92 Å². The molecule has 1 heterocycles. The minimum Gasteiger partial charge on any atom is -0.481 e. The van der Waals surface area contributed by atoms with Crippen LogP contribution in [0.15, 0.2) is 18.2 Å². The number of hydrogen-bond acceptors (Lipinski definition) is 1. The van der Waals surface area contributed by atoms with Crippen molar-refractivity contribution in [1.29, 1.82) is 0 Å². The molecule has 0 amide bonds. The van der Waals surface area contributed by atoms with Gasteiger partial charge in [-0.1, -0.05) is 18.5 Å². The Kier molecular flexibility index (Phi) is 3.11. The summed E-state index contributed by atoms with van der Waals surface area (Å²) in [6.45, 7) is 3.69. The second kappa shape index (κ2) is 4.41. The van der Waals surface area contributed by atoms with Crippen molar-refractivity contribution in [3.05, 3.63) is 34.5 Å². The third kappa shape index (κ3) is 2.29. The molecule has 2 rings (SSSR count). The molecule has 0 aliphatic heterocycles. The fourth-order valence-corrected chi connectivity index (χ4v) is 2.12. The van der Waals surface area contributed by atoms with E-state index in [0.29, 0.717) is 11.4 Å². The van der Waals surface area contributed by atoms with Crippen molar-refractivity contribution >= 4 is 28.5 Å². The van der Waals surface area contributed by atoms with E-state index in [1.165, 1.54) is 0 Å². The Hall–Kier alpha value is -1.48. The molecular weight excluding hydrogens is 238 g/mol. The summed E-state index contributed by atoms with van der Waals surface area (Å²) in [6, 6.07) is 5.64. The number of aromatic amines is 1. The second-order valence-electron chi connectivity index (χ2n) is 4.36. The van der Waals surface area contributed by atoms with Gasteiger partial charge in [0.15, 0.2) is 0 Å². The summed E-state index contributed by atoms with van der Waals surface area (Å²) in [6.07, 6.45) is 0.507. The molecule has 0 saturated heterocycles. The van der Waals surface area contributed by atoms with Gasteiger partial charge < -0.3 is 10.1 Å². The number of carbonyl (C=O) groups is 1. The third-order valence-electron chi connectivity index (χ3n) is 3.06. The minimum absolute atomic E-state index is 0.391. The standard InChI is InChI=1S/C13H14ClNO2/c1-7(13(16)17)5-12-8(2)10-6-9(14)3-4-11(10)15-12/h3-4,6-7,15H,5H2,1-2H3,(H,16,17). The number of carboxylic acids is 1. The number of halogens is 1. The molecule has 90 valence electrons. The lowest BCUT2D eigenvalue weighted by Crippen LogP contribution is -2.12. The molecule has 0 fully saturated rings. The van der Waals surface area contributed by atoms with Gasteiger partial charge in [-0.25, -0.2) is 0 Å². The number of aromatic nitrogens is 1. The lowest BCUT2D eigenvalue weighted by atomic mass is 10.0. The Balaban J connectivity index is 2.42. The minimum atomic E-state index is -0.777. The number of benzene rings is 1. The Morgan fingerprint density at radius 2 is 2.24 bits per heavy atom. The maximum Gasteiger partial charge on any atom is 0.306 e. The van der Waals surface area contributed by atoms with Gasteiger partial charge >= 0.3 is 5.97 Å². The Labute approximate surface area is 104 Å². The maximum atomic E-state index is 10.8. The van der Waals surface area contributed by atoms with Crippen molar-refractivity contribution in [2.75, 3.05) is 0 Å². The van der Waals surface area contributed by atoms with Crippen LogP contribution < -0.4 is 0 Å². The number of rotatable bonds is 3. The molecule has 1 unspecified atom stereocenters. The van der Waals surface area contributed by atoms with E-state index >= 15 is 0 Å². The highest BCUT2D eigenvalue weighted by atomic mass is 35.5. The second-order valence-corrected chi connectivity index (χ2v) is 4.80. The number of carboxylic acid groups (broad SMARTS) is 1. The average Bonchev–Trinajstić information content (AvgIpc) is 2.56. The maximum absolute atomic E-state index is 10.8. The first kappa shape index (κ1) is 12.0. The van der Waals surface area contributed by atoms with Crippen molar-refractivity contribution in [2.24, 2.45) is 5.92 Å². The summed E-state index contributed by atoms with van der Waals surface area (Å²) in [4.78, 5) is 14.1. The molecule has 17 heavy (non-hydrogen) atoms. The van der Waals surface area contributed by atoms with Crippen LogP contribution in [0.5, 0.6) is 0 Å². The molecule has 2 N–H and O–H groups in total. The molecule has 0 aliphatic rings. The Morgan fingerprint density at radius 1 is 1.53 bits per heavy atom. The summed E-state index contributed by atoms with van der Waals surface area (Å²) in [5, 5.41) is 10.7. The van der Waals surface area contributed by atoms with Gasteiger partial charge in [-0.15, -0.1) is 0 Å². The quantitative estimate of drug-likeness (QED) is 0.879. The third-order valence-corrected chi connectivity index (χ3v) is 3.29. The zero-order chi connectivity index (χ0) is 12.6. The zero-order valence-electron chi connectivity index (χ0n) is 9.75. The van der Waals surface area contributed by atoms with Crippen LogP contribution in [-0.4, -0.2) is 16.1 Å². The van der Waals surface area contributed by atoms with Gasteiger partial charge in [0.25, 0.3) is 0 Å². The number of hydrogen-bond donors (Lipinski definition) is 2. The summed E-state index contributed by atoms with van der Waals surface area (Å²) in [5.74, 6) is -1.17.